The summed E-state index contributed by atoms with van der Waals surface area (Å²) in [6.07, 6.45) is 1.44. The van der Waals surface area contributed by atoms with E-state index in [-0.39, 0.29) is 11.4 Å². The number of nitrogens with zero attached hydrogens (tertiary/aromatic N) is 6. The van der Waals surface area contributed by atoms with Crippen molar-refractivity contribution in [2.75, 3.05) is 0 Å². The van der Waals surface area contributed by atoms with E-state index in [1.54, 1.807) is 28.8 Å². The molecule has 0 atom stereocenters. The van der Waals surface area contributed by atoms with Gasteiger partial charge in [0.15, 0.2) is 5.82 Å². The molecule has 3 heterocycles. The third-order valence-corrected chi connectivity index (χ3v) is 4.27. The number of para-hydroxylation sites is 2. The van der Waals surface area contributed by atoms with Gasteiger partial charge in [-0.2, -0.15) is 4.52 Å². The molecule has 0 aliphatic heterocycles. The number of aromatic nitrogens is 6. The lowest BCUT2D eigenvalue weighted by molar-refractivity contribution is 0.452. The lowest BCUT2D eigenvalue weighted by Crippen LogP contribution is -2.07. The Hall–Kier alpha value is -4.14. The molecule has 0 aliphatic carbocycles. The fourth-order valence-corrected chi connectivity index (χ4v) is 3.02. The van der Waals surface area contributed by atoms with Crippen molar-refractivity contribution in [1.82, 2.24) is 30.0 Å². The lowest BCUT2D eigenvalue weighted by Gasteiger charge is -2.04. The Balaban J connectivity index is 1.74. The number of pyridine rings is 1. The minimum absolute atomic E-state index is 0.265. The van der Waals surface area contributed by atoms with Crippen LogP contribution in [0, 0.1) is 0 Å². The third kappa shape index (κ3) is 2.33. The summed E-state index contributed by atoms with van der Waals surface area (Å²) in [5, 5.41) is 22.9. The summed E-state index contributed by atoms with van der Waals surface area (Å²) in [4.78, 5) is 23.3. The molecule has 2 aromatic carbocycles. The highest BCUT2D eigenvalue weighted by atomic mass is 16.3. The van der Waals surface area contributed by atoms with Gasteiger partial charge in [-0.05, 0) is 28.6 Å². The van der Waals surface area contributed by atoms with Crippen LogP contribution in [-0.2, 0) is 0 Å². The standard InChI is InChI=1S/C18H11N7O2/c26-17-11-6-2-1-5-10(11)12(18(27)21-17)9-19-15-16-22-23-24-25(16)14-8-4-3-7-13(14)20-15/h1-9H,(H2,21,26,27). The van der Waals surface area contributed by atoms with Crippen molar-refractivity contribution in [3.63, 3.8) is 0 Å². The first-order valence-electron chi connectivity index (χ1n) is 8.07. The molecule has 0 unspecified atom stereocenters. The van der Waals surface area contributed by atoms with Gasteiger partial charge in [-0.25, -0.2) is 9.98 Å². The highest BCUT2D eigenvalue weighted by molar-refractivity contribution is 6.02. The number of hydrogen-bond acceptors (Lipinski definition) is 7. The molecule has 0 bridgehead atoms. The van der Waals surface area contributed by atoms with E-state index in [9.17, 15) is 9.90 Å². The van der Waals surface area contributed by atoms with Crippen LogP contribution in [0.25, 0.3) is 27.5 Å². The largest absolute Gasteiger partial charge is 0.494 e. The van der Waals surface area contributed by atoms with Crippen molar-refractivity contribution < 1.29 is 5.11 Å². The fourth-order valence-electron chi connectivity index (χ4n) is 3.02. The maximum absolute atomic E-state index is 12.0. The highest BCUT2D eigenvalue weighted by Gasteiger charge is 2.12. The Morgan fingerprint density at radius 3 is 2.74 bits per heavy atom. The summed E-state index contributed by atoms with van der Waals surface area (Å²) in [6.45, 7) is 0. The molecule has 5 aromatic rings. The number of benzene rings is 2. The van der Waals surface area contributed by atoms with Gasteiger partial charge in [0.05, 0.1) is 16.6 Å². The zero-order valence-electron chi connectivity index (χ0n) is 13.7. The number of tetrazole rings is 1. The van der Waals surface area contributed by atoms with Crippen molar-refractivity contribution in [3.8, 4) is 5.88 Å². The average Bonchev–Trinajstić information content (AvgIpc) is 3.18. The van der Waals surface area contributed by atoms with E-state index >= 15 is 0 Å². The van der Waals surface area contributed by atoms with E-state index in [1.165, 1.54) is 6.21 Å². The van der Waals surface area contributed by atoms with Crippen molar-refractivity contribution in [2.24, 2.45) is 4.99 Å². The summed E-state index contributed by atoms with van der Waals surface area (Å²) in [5.74, 6) is 0.0345. The molecule has 0 saturated carbocycles. The van der Waals surface area contributed by atoms with Crippen LogP contribution in [0.1, 0.15) is 5.56 Å². The third-order valence-electron chi connectivity index (χ3n) is 4.27. The predicted molar refractivity (Wildman–Crippen MR) is 99.6 cm³/mol. The zero-order chi connectivity index (χ0) is 18.4. The smallest absolute Gasteiger partial charge is 0.258 e. The van der Waals surface area contributed by atoms with Gasteiger partial charge >= 0.3 is 0 Å². The Kier molecular flexibility index (Phi) is 3.20. The average molecular weight is 357 g/mol. The van der Waals surface area contributed by atoms with Gasteiger partial charge < -0.3 is 5.11 Å². The molecule has 0 spiro atoms. The second-order valence-corrected chi connectivity index (χ2v) is 5.86. The van der Waals surface area contributed by atoms with Crippen molar-refractivity contribution in [1.29, 1.82) is 0 Å². The van der Waals surface area contributed by atoms with Crippen LogP contribution in [0.5, 0.6) is 5.88 Å². The van der Waals surface area contributed by atoms with E-state index in [0.717, 1.165) is 5.52 Å². The molecular weight excluding hydrogens is 346 g/mol. The monoisotopic (exact) mass is 357 g/mol. The lowest BCUT2D eigenvalue weighted by atomic mass is 10.1. The Morgan fingerprint density at radius 1 is 1.07 bits per heavy atom. The number of fused-ring (bicyclic) bond motifs is 4. The molecule has 0 fully saturated rings. The van der Waals surface area contributed by atoms with Crippen LogP contribution in [0.2, 0.25) is 0 Å². The van der Waals surface area contributed by atoms with Crippen molar-refractivity contribution in [2.45, 2.75) is 0 Å². The summed E-state index contributed by atoms with van der Waals surface area (Å²) >= 11 is 0. The minimum atomic E-state index is -0.367. The van der Waals surface area contributed by atoms with E-state index in [4.69, 9.17) is 0 Å². The van der Waals surface area contributed by atoms with Gasteiger partial charge in [0, 0.05) is 17.0 Å². The molecule has 3 aromatic heterocycles. The molecule has 0 saturated heterocycles. The quantitative estimate of drug-likeness (QED) is 0.466. The summed E-state index contributed by atoms with van der Waals surface area (Å²) in [6, 6.07) is 14.4. The van der Waals surface area contributed by atoms with Crippen LogP contribution in [-0.4, -0.2) is 41.3 Å². The fraction of sp³-hybridized carbons (Fsp3) is 0. The van der Waals surface area contributed by atoms with Crippen molar-refractivity contribution in [3.05, 3.63) is 64.4 Å². The van der Waals surface area contributed by atoms with Gasteiger partial charge in [0.25, 0.3) is 5.56 Å². The first kappa shape index (κ1) is 15.1. The van der Waals surface area contributed by atoms with Gasteiger partial charge in [0.2, 0.25) is 11.5 Å². The molecule has 9 heteroatoms. The molecule has 0 amide bonds. The number of rotatable bonds is 2. The second kappa shape index (κ2) is 5.70. The first-order valence-corrected chi connectivity index (χ1v) is 8.07. The molecule has 0 radical (unpaired) electrons. The van der Waals surface area contributed by atoms with Crippen LogP contribution < -0.4 is 5.56 Å². The Labute approximate surface area is 150 Å². The minimum Gasteiger partial charge on any atom is -0.494 e. The van der Waals surface area contributed by atoms with Crippen LogP contribution in [0.4, 0.5) is 5.82 Å². The molecule has 130 valence electrons. The van der Waals surface area contributed by atoms with Gasteiger partial charge in [-0.15, -0.1) is 5.10 Å². The van der Waals surface area contributed by atoms with E-state index < -0.39 is 0 Å². The predicted octanol–water partition coefficient (Wildman–Crippen LogP) is 1.97. The maximum Gasteiger partial charge on any atom is 0.258 e. The van der Waals surface area contributed by atoms with Gasteiger partial charge in [0.1, 0.15) is 0 Å². The maximum atomic E-state index is 12.0. The normalized spacial score (nSPS) is 11.9. The number of hydrogen-bond donors (Lipinski definition) is 2. The van der Waals surface area contributed by atoms with Gasteiger partial charge in [-0.1, -0.05) is 30.3 Å². The summed E-state index contributed by atoms with van der Waals surface area (Å²) < 4.78 is 1.56. The van der Waals surface area contributed by atoms with E-state index in [0.29, 0.717) is 33.3 Å². The number of aromatic amines is 1. The molecule has 5 rings (SSSR count). The molecular formula is C18H11N7O2. The Morgan fingerprint density at radius 2 is 1.85 bits per heavy atom. The molecule has 27 heavy (non-hydrogen) atoms. The molecule has 2 N–H and O–H groups in total. The molecule has 9 nitrogen and oxygen atoms in total. The van der Waals surface area contributed by atoms with Crippen LogP contribution in [0.3, 0.4) is 0 Å². The highest BCUT2D eigenvalue weighted by Crippen LogP contribution is 2.24. The van der Waals surface area contributed by atoms with Gasteiger partial charge in [-0.3, -0.25) is 9.78 Å². The molecule has 0 aliphatic rings. The number of aromatic hydroxyl groups is 1. The SMILES string of the molecule is O=c1[nH]c(O)c(C=Nc2nc3ccccc3n3nnnc23)c2ccccc12. The van der Waals surface area contributed by atoms with E-state index in [1.807, 2.05) is 24.3 Å². The topological polar surface area (TPSA) is 121 Å². The second-order valence-electron chi connectivity index (χ2n) is 5.86. The van der Waals surface area contributed by atoms with E-state index in [2.05, 4.69) is 30.5 Å². The Bertz CT molecular complexity index is 1420. The van der Waals surface area contributed by atoms with Crippen LogP contribution in [0.15, 0.2) is 58.3 Å². The summed E-state index contributed by atoms with van der Waals surface area (Å²) in [5.41, 5.74) is 1.84. The number of aliphatic imine (C=N–C) groups is 1. The van der Waals surface area contributed by atoms with Crippen LogP contribution >= 0.6 is 0 Å². The van der Waals surface area contributed by atoms with Crippen molar-refractivity contribution >= 4 is 39.5 Å². The zero-order valence-corrected chi connectivity index (χ0v) is 13.7. The first-order chi connectivity index (χ1) is 13.2. The number of nitrogens with one attached hydrogen (secondary N) is 1. The number of H-pyrrole nitrogens is 1. The summed E-state index contributed by atoms with van der Waals surface area (Å²) in [7, 11) is 0.